The maximum atomic E-state index is 4.28. The van der Waals surface area contributed by atoms with E-state index < -0.39 is 0 Å². The molecule has 0 spiro atoms. The minimum atomic E-state index is 0.483. The number of benzene rings is 1. The summed E-state index contributed by atoms with van der Waals surface area (Å²) in [4.78, 5) is 2.39. The number of hydrogen-bond donors (Lipinski definition) is 1. The zero-order valence-corrected chi connectivity index (χ0v) is 11.5. The molecule has 4 heteroatoms. The molecule has 1 aliphatic heterocycles. The van der Waals surface area contributed by atoms with Crippen molar-refractivity contribution in [2.75, 3.05) is 25.5 Å². The van der Waals surface area contributed by atoms with Gasteiger partial charge in [0.15, 0.2) is 5.82 Å². The topological polar surface area (TPSA) is 41.0 Å². The van der Waals surface area contributed by atoms with E-state index in [1.54, 1.807) is 0 Å². The van der Waals surface area contributed by atoms with E-state index in [9.17, 15) is 0 Å². The molecule has 2 unspecified atom stereocenters. The van der Waals surface area contributed by atoms with Crippen molar-refractivity contribution in [3.63, 3.8) is 0 Å². The summed E-state index contributed by atoms with van der Waals surface area (Å²) in [7, 11) is 2.18. The van der Waals surface area contributed by atoms with E-state index in [0.717, 1.165) is 36.1 Å². The van der Waals surface area contributed by atoms with Gasteiger partial charge in [-0.2, -0.15) is 5.10 Å². The third kappa shape index (κ3) is 2.54. The van der Waals surface area contributed by atoms with Gasteiger partial charge in [-0.05, 0) is 25.9 Å². The van der Waals surface area contributed by atoms with Crippen molar-refractivity contribution in [1.82, 2.24) is 15.1 Å². The van der Waals surface area contributed by atoms with E-state index in [1.807, 2.05) is 18.3 Å². The van der Waals surface area contributed by atoms with Crippen LogP contribution in [0, 0.1) is 5.92 Å². The monoisotopic (exact) mass is 256 g/mol. The molecule has 3 rings (SSSR count). The second-order valence-electron chi connectivity index (χ2n) is 5.56. The fraction of sp³-hybridized carbons (Fsp3) is 0.467. The third-order valence-corrected chi connectivity index (χ3v) is 4.00. The maximum absolute atomic E-state index is 4.28. The van der Waals surface area contributed by atoms with Gasteiger partial charge in [0.2, 0.25) is 0 Å². The summed E-state index contributed by atoms with van der Waals surface area (Å²) in [5.74, 6) is 1.54. The van der Waals surface area contributed by atoms with Crippen LogP contribution in [0.3, 0.4) is 0 Å². The Morgan fingerprint density at radius 1 is 1.32 bits per heavy atom. The van der Waals surface area contributed by atoms with Gasteiger partial charge in [0.25, 0.3) is 0 Å². The summed E-state index contributed by atoms with van der Waals surface area (Å²) in [5.41, 5.74) is 0. The van der Waals surface area contributed by atoms with Gasteiger partial charge in [0.05, 0.1) is 6.20 Å². The summed E-state index contributed by atoms with van der Waals surface area (Å²) in [6.07, 6.45) is 2.97. The average Bonchev–Trinajstić information content (AvgIpc) is 2.42. The molecule has 100 valence electrons. The van der Waals surface area contributed by atoms with E-state index in [4.69, 9.17) is 0 Å². The highest BCUT2D eigenvalue weighted by molar-refractivity contribution is 5.90. The number of likely N-dealkylation sites (tertiary alicyclic amines) is 1. The molecule has 0 saturated carbocycles. The summed E-state index contributed by atoms with van der Waals surface area (Å²) < 4.78 is 0. The molecule has 1 N–H and O–H groups in total. The van der Waals surface area contributed by atoms with E-state index in [1.165, 1.54) is 0 Å². The first-order chi connectivity index (χ1) is 9.24. The standard InChI is InChI=1S/C15H20N4/c1-11-10-19(2)8-7-14(11)17-15-13-6-4-3-5-12(13)9-16-18-15/h3-6,9,11,14H,7-8,10H2,1-2H3,(H,17,18). The molecule has 1 saturated heterocycles. The van der Waals surface area contributed by atoms with E-state index in [2.05, 4.69) is 46.5 Å². The molecule has 2 aromatic rings. The Morgan fingerprint density at radius 2 is 2.16 bits per heavy atom. The van der Waals surface area contributed by atoms with Crippen molar-refractivity contribution in [2.45, 2.75) is 19.4 Å². The largest absolute Gasteiger partial charge is 0.365 e. The van der Waals surface area contributed by atoms with Gasteiger partial charge >= 0.3 is 0 Å². The molecule has 2 heterocycles. The lowest BCUT2D eigenvalue weighted by Crippen LogP contribution is -2.43. The highest BCUT2D eigenvalue weighted by Gasteiger charge is 2.24. The van der Waals surface area contributed by atoms with Gasteiger partial charge in [-0.1, -0.05) is 31.2 Å². The minimum Gasteiger partial charge on any atom is -0.365 e. The van der Waals surface area contributed by atoms with Crippen molar-refractivity contribution in [1.29, 1.82) is 0 Å². The normalized spacial score (nSPS) is 24.5. The molecule has 0 aliphatic carbocycles. The van der Waals surface area contributed by atoms with Crippen LogP contribution >= 0.6 is 0 Å². The van der Waals surface area contributed by atoms with Crippen LogP contribution in [-0.4, -0.2) is 41.3 Å². The second kappa shape index (κ2) is 5.13. The van der Waals surface area contributed by atoms with Gasteiger partial charge in [-0.15, -0.1) is 5.10 Å². The Hall–Kier alpha value is -1.68. The average molecular weight is 256 g/mol. The quantitative estimate of drug-likeness (QED) is 0.895. The molecule has 4 nitrogen and oxygen atoms in total. The zero-order valence-electron chi connectivity index (χ0n) is 11.5. The van der Waals surface area contributed by atoms with E-state index in [0.29, 0.717) is 12.0 Å². The van der Waals surface area contributed by atoms with Crippen molar-refractivity contribution < 1.29 is 0 Å². The lowest BCUT2D eigenvalue weighted by molar-refractivity contribution is 0.206. The van der Waals surface area contributed by atoms with Gasteiger partial charge in [0.1, 0.15) is 0 Å². The number of nitrogens with one attached hydrogen (secondary N) is 1. The molecular formula is C15H20N4. The first-order valence-corrected chi connectivity index (χ1v) is 6.89. The van der Waals surface area contributed by atoms with Crippen molar-refractivity contribution in [2.24, 2.45) is 5.92 Å². The highest BCUT2D eigenvalue weighted by atomic mass is 15.2. The number of piperidine rings is 1. The maximum Gasteiger partial charge on any atom is 0.156 e. The molecule has 0 amide bonds. The predicted octanol–water partition coefficient (Wildman–Crippen LogP) is 2.38. The molecule has 1 aromatic carbocycles. The van der Waals surface area contributed by atoms with Crippen LogP contribution < -0.4 is 5.32 Å². The van der Waals surface area contributed by atoms with Crippen LogP contribution in [0.1, 0.15) is 13.3 Å². The van der Waals surface area contributed by atoms with Crippen LogP contribution in [0.4, 0.5) is 5.82 Å². The number of hydrogen-bond acceptors (Lipinski definition) is 4. The van der Waals surface area contributed by atoms with E-state index in [-0.39, 0.29) is 0 Å². The molecule has 1 fully saturated rings. The smallest absolute Gasteiger partial charge is 0.156 e. The molecule has 1 aliphatic rings. The van der Waals surface area contributed by atoms with Crippen molar-refractivity contribution in [3.8, 4) is 0 Å². The Morgan fingerprint density at radius 3 is 3.00 bits per heavy atom. The lowest BCUT2D eigenvalue weighted by atomic mass is 9.94. The number of nitrogens with zero attached hydrogens (tertiary/aromatic N) is 3. The molecule has 0 radical (unpaired) electrons. The first kappa shape index (κ1) is 12.4. The summed E-state index contributed by atoms with van der Waals surface area (Å²) in [6, 6.07) is 8.75. The number of anilines is 1. The summed E-state index contributed by atoms with van der Waals surface area (Å²) in [6.45, 7) is 4.57. The number of aromatic nitrogens is 2. The highest BCUT2D eigenvalue weighted by Crippen LogP contribution is 2.24. The molecular weight excluding hydrogens is 236 g/mol. The Kier molecular flexibility index (Phi) is 3.34. The van der Waals surface area contributed by atoms with E-state index >= 15 is 0 Å². The third-order valence-electron chi connectivity index (χ3n) is 4.00. The molecule has 2 atom stereocenters. The first-order valence-electron chi connectivity index (χ1n) is 6.89. The fourth-order valence-electron chi connectivity index (χ4n) is 2.88. The molecule has 19 heavy (non-hydrogen) atoms. The second-order valence-corrected chi connectivity index (χ2v) is 5.56. The van der Waals surface area contributed by atoms with Gasteiger partial charge in [-0.25, -0.2) is 0 Å². The number of rotatable bonds is 2. The van der Waals surface area contributed by atoms with Gasteiger partial charge < -0.3 is 10.2 Å². The summed E-state index contributed by atoms with van der Waals surface area (Å²) in [5, 5.41) is 14.3. The van der Waals surface area contributed by atoms with Crippen molar-refractivity contribution in [3.05, 3.63) is 30.5 Å². The minimum absolute atomic E-state index is 0.483. The predicted molar refractivity (Wildman–Crippen MR) is 78.2 cm³/mol. The SMILES string of the molecule is CC1CN(C)CCC1Nc1nncc2ccccc12. The Labute approximate surface area is 113 Å². The van der Waals surface area contributed by atoms with Crippen LogP contribution in [0.2, 0.25) is 0 Å². The number of fused-ring (bicyclic) bond motifs is 1. The van der Waals surface area contributed by atoms with Crippen LogP contribution in [0.5, 0.6) is 0 Å². The van der Waals surface area contributed by atoms with Crippen molar-refractivity contribution >= 4 is 16.6 Å². The van der Waals surface area contributed by atoms with Gasteiger partial charge in [-0.3, -0.25) is 0 Å². The molecule has 1 aromatic heterocycles. The van der Waals surface area contributed by atoms with Crippen LogP contribution in [0.15, 0.2) is 30.5 Å². The fourth-order valence-corrected chi connectivity index (χ4v) is 2.88. The Bertz CT molecular complexity index is 564. The lowest BCUT2D eigenvalue weighted by Gasteiger charge is -2.35. The van der Waals surface area contributed by atoms with Crippen LogP contribution in [0.25, 0.3) is 10.8 Å². The zero-order chi connectivity index (χ0) is 13.2. The van der Waals surface area contributed by atoms with Gasteiger partial charge in [0, 0.05) is 23.4 Å². The molecule has 0 bridgehead atoms. The van der Waals surface area contributed by atoms with Crippen LogP contribution in [-0.2, 0) is 0 Å². The summed E-state index contributed by atoms with van der Waals surface area (Å²) >= 11 is 0. The Balaban J connectivity index is 1.85.